The van der Waals surface area contributed by atoms with Crippen molar-refractivity contribution in [2.45, 2.75) is 24.8 Å². The second kappa shape index (κ2) is 6.52. The third-order valence-corrected chi connectivity index (χ3v) is 5.30. The Morgan fingerprint density at radius 2 is 1.87 bits per heavy atom. The van der Waals surface area contributed by atoms with Crippen LogP contribution in [0.3, 0.4) is 0 Å². The number of amides is 1. The summed E-state index contributed by atoms with van der Waals surface area (Å²) in [6.45, 7) is 0. The standard InChI is InChI=1S/C18H18Cl2N2O/c1-22-17-7-5-12(10-3-6-15(19)16(20)9-10)13-4-2-11(18(21)23)8-14(13)17/h2-4,6,8-9,12,17,22H,5,7H2,1H3,(H2,21,23)/t12-,17?/m0/s1. The number of nitrogens with two attached hydrogens (primary N) is 1. The van der Waals surface area contributed by atoms with Gasteiger partial charge in [0, 0.05) is 17.5 Å². The van der Waals surface area contributed by atoms with Crippen molar-refractivity contribution < 1.29 is 4.79 Å². The molecule has 1 aliphatic carbocycles. The molecule has 0 aliphatic heterocycles. The fraction of sp³-hybridized carbons (Fsp3) is 0.278. The van der Waals surface area contributed by atoms with Crippen LogP contribution in [0, 0.1) is 0 Å². The van der Waals surface area contributed by atoms with Gasteiger partial charge in [0.05, 0.1) is 10.0 Å². The third-order valence-electron chi connectivity index (χ3n) is 4.56. The van der Waals surface area contributed by atoms with Gasteiger partial charge in [-0.05, 0) is 60.8 Å². The van der Waals surface area contributed by atoms with E-state index in [0.29, 0.717) is 15.6 Å². The summed E-state index contributed by atoms with van der Waals surface area (Å²) in [6, 6.07) is 11.7. The first kappa shape index (κ1) is 16.3. The first-order chi connectivity index (χ1) is 11.0. The van der Waals surface area contributed by atoms with Crippen molar-refractivity contribution in [2.24, 2.45) is 5.73 Å². The summed E-state index contributed by atoms with van der Waals surface area (Å²) in [5.74, 6) is -0.161. The van der Waals surface area contributed by atoms with Crippen LogP contribution in [-0.4, -0.2) is 13.0 Å². The molecule has 2 aromatic rings. The van der Waals surface area contributed by atoms with Gasteiger partial charge >= 0.3 is 0 Å². The number of carbonyl (C=O) groups is 1. The van der Waals surface area contributed by atoms with E-state index in [0.717, 1.165) is 24.0 Å². The average molecular weight is 349 g/mol. The van der Waals surface area contributed by atoms with E-state index in [-0.39, 0.29) is 12.0 Å². The minimum Gasteiger partial charge on any atom is -0.366 e. The van der Waals surface area contributed by atoms with Crippen LogP contribution in [0.1, 0.15) is 51.8 Å². The van der Waals surface area contributed by atoms with Gasteiger partial charge in [0.2, 0.25) is 5.91 Å². The van der Waals surface area contributed by atoms with Gasteiger partial charge < -0.3 is 11.1 Å². The first-order valence-electron chi connectivity index (χ1n) is 7.57. The van der Waals surface area contributed by atoms with E-state index in [1.807, 2.05) is 37.4 Å². The Morgan fingerprint density at radius 3 is 2.52 bits per heavy atom. The molecular formula is C18H18Cl2N2O. The molecule has 0 saturated heterocycles. The molecule has 0 radical (unpaired) electrons. The molecule has 2 atom stereocenters. The Kier molecular flexibility index (Phi) is 4.62. The van der Waals surface area contributed by atoms with Crippen molar-refractivity contribution >= 4 is 29.1 Å². The molecule has 1 amide bonds. The molecule has 0 heterocycles. The van der Waals surface area contributed by atoms with Crippen LogP contribution < -0.4 is 11.1 Å². The monoisotopic (exact) mass is 348 g/mol. The second-order valence-electron chi connectivity index (χ2n) is 5.85. The predicted molar refractivity (Wildman–Crippen MR) is 94.3 cm³/mol. The van der Waals surface area contributed by atoms with Crippen LogP contribution in [0.25, 0.3) is 0 Å². The summed E-state index contributed by atoms with van der Waals surface area (Å²) in [5, 5.41) is 4.44. The van der Waals surface area contributed by atoms with Crippen LogP contribution in [0.15, 0.2) is 36.4 Å². The molecule has 1 unspecified atom stereocenters. The molecule has 3 rings (SSSR count). The fourth-order valence-corrected chi connectivity index (χ4v) is 3.67. The Morgan fingerprint density at radius 1 is 1.09 bits per heavy atom. The van der Waals surface area contributed by atoms with Gasteiger partial charge in [-0.15, -0.1) is 0 Å². The van der Waals surface area contributed by atoms with E-state index in [1.165, 1.54) is 5.56 Å². The molecule has 5 heteroatoms. The zero-order valence-electron chi connectivity index (χ0n) is 12.8. The zero-order chi connectivity index (χ0) is 16.6. The average Bonchev–Trinajstić information content (AvgIpc) is 2.55. The minimum atomic E-state index is -0.403. The molecule has 120 valence electrons. The first-order valence-corrected chi connectivity index (χ1v) is 8.32. The summed E-state index contributed by atoms with van der Waals surface area (Å²) in [4.78, 5) is 11.5. The molecule has 1 aliphatic rings. The molecule has 0 spiro atoms. The summed E-state index contributed by atoms with van der Waals surface area (Å²) in [7, 11) is 1.94. The molecule has 0 fully saturated rings. The maximum absolute atomic E-state index is 11.5. The largest absolute Gasteiger partial charge is 0.366 e. The normalized spacial score (nSPS) is 20.1. The van der Waals surface area contributed by atoms with Gasteiger partial charge in [0.1, 0.15) is 0 Å². The second-order valence-corrected chi connectivity index (χ2v) is 6.67. The van der Waals surface area contributed by atoms with E-state index in [4.69, 9.17) is 28.9 Å². The summed E-state index contributed by atoms with van der Waals surface area (Å²) in [5.41, 5.74) is 9.44. The van der Waals surface area contributed by atoms with Crippen molar-refractivity contribution in [3.63, 3.8) is 0 Å². The molecular weight excluding hydrogens is 331 g/mol. The lowest BCUT2D eigenvalue weighted by molar-refractivity contribution is 0.1000. The molecule has 2 aromatic carbocycles. The summed E-state index contributed by atoms with van der Waals surface area (Å²) >= 11 is 12.2. The highest BCUT2D eigenvalue weighted by Gasteiger charge is 2.28. The lowest BCUT2D eigenvalue weighted by Crippen LogP contribution is -2.25. The Hall–Kier alpha value is -1.55. The minimum absolute atomic E-state index is 0.225. The lowest BCUT2D eigenvalue weighted by Gasteiger charge is -2.32. The van der Waals surface area contributed by atoms with Crippen molar-refractivity contribution in [3.05, 3.63) is 68.7 Å². The van der Waals surface area contributed by atoms with Gasteiger partial charge in [-0.2, -0.15) is 0 Å². The van der Waals surface area contributed by atoms with E-state index >= 15 is 0 Å². The third kappa shape index (κ3) is 3.09. The highest BCUT2D eigenvalue weighted by Crippen LogP contribution is 2.42. The van der Waals surface area contributed by atoms with Gasteiger partial charge in [-0.1, -0.05) is 35.3 Å². The Balaban J connectivity index is 2.08. The predicted octanol–water partition coefficient (Wildman–Crippen LogP) is 4.28. The van der Waals surface area contributed by atoms with E-state index in [9.17, 15) is 4.79 Å². The van der Waals surface area contributed by atoms with Crippen LogP contribution >= 0.6 is 23.2 Å². The van der Waals surface area contributed by atoms with Gasteiger partial charge in [-0.25, -0.2) is 0 Å². The lowest BCUT2D eigenvalue weighted by atomic mass is 9.76. The number of rotatable bonds is 3. The maximum atomic E-state index is 11.5. The van der Waals surface area contributed by atoms with E-state index in [2.05, 4.69) is 5.32 Å². The Bertz CT molecular complexity index is 761. The SMILES string of the molecule is CNC1CC[C@@H](c2ccc(Cl)c(Cl)c2)c2ccc(C(N)=O)cc21. The molecule has 0 bridgehead atoms. The van der Waals surface area contributed by atoms with Crippen LogP contribution in [0.5, 0.6) is 0 Å². The van der Waals surface area contributed by atoms with Crippen LogP contribution in [0.2, 0.25) is 10.0 Å². The highest BCUT2D eigenvalue weighted by molar-refractivity contribution is 6.42. The van der Waals surface area contributed by atoms with Crippen molar-refractivity contribution in [1.29, 1.82) is 0 Å². The Labute approximate surface area is 145 Å². The topological polar surface area (TPSA) is 55.1 Å². The number of benzene rings is 2. The van der Waals surface area contributed by atoms with Crippen molar-refractivity contribution in [2.75, 3.05) is 7.05 Å². The van der Waals surface area contributed by atoms with Crippen LogP contribution in [0.4, 0.5) is 0 Å². The number of halogens is 2. The van der Waals surface area contributed by atoms with Gasteiger partial charge in [-0.3, -0.25) is 4.79 Å². The van der Waals surface area contributed by atoms with Crippen LogP contribution in [-0.2, 0) is 0 Å². The van der Waals surface area contributed by atoms with E-state index < -0.39 is 5.91 Å². The smallest absolute Gasteiger partial charge is 0.248 e. The zero-order valence-corrected chi connectivity index (χ0v) is 14.3. The fourth-order valence-electron chi connectivity index (χ4n) is 3.37. The number of primary amides is 1. The summed E-state index contributed by atoms with van der Waals surface area (Å²) < 4.78 is 0. The van der Waals surface area contributed by atoms with Gasteiger partial charge in [0.25, 0.3) is 0 Å². The highest BCUT2D eigenvalue weighted by atomic mass is 35.5. The number of fused-ring (bicyclic) bond motifs is 1. The van der Waals surface area contributed by atoms with Crippen molar-refractivity contribution in [1.82, 2.24) is 5.32 Å². The molecule has 3 nitrogen and oxygen atoms in total. The molecule has 23 heavy (non-hydrogen) atoms. The number of hydrogen-bond acceptors (Lipinski definition) is 2. The number of nitrogens with one attached hydrogen (secondary N) is 1. The van der Waals surface area contributed by atoms with Gasteiger partial charge in [0.15, 0.2) is 0 Å². The maximum Gasteiger partial charge on any atom is 0.248 e. The number of hydrogen-bond donors (Lipinski definition) is 2. The number of carbonyl (C=O) groups excluding carboxylic acids is 1. The van der Waals surface area contributed by atoms with E-state index in [1.54, 1.807) is 6.07 Å². The van der Waals surface area contributed by atoms with Crippen molar-refractivity contribution in [3.8, 4) is 0 Å². The summed E-state index contributed by atoms with van der Waals surface area (Å²) in [6.07, 6.45) is 1.99. The quantitative estimate of drug-likeness (QED) is 0.869. The molecule has 0 saturated carbocycles. The molecule has 3 N–H and O–H groups in total. The molecule has 0 aromatic heterocycles.